The van der Waals surface area contributed by atoms with Gasteiger partial charge in [0, 0.05) is 12.0 Å². The second-order valence-corrected chi connectivity index (χ2v) is 7.15. The predicted octanol–water partition coefficient (Wildman–Crippen LogP) is 3.04. The summed E-state index contributed by atoms with van der Waals surface area (Å²) in [4.78, 5) is 28.7. The molecule has 1 aromatic carbocycles. The topological polar surface area (TPSA) is 79.3 Å². The Morgan fingerprint density at radius 1 is 1.26 bits per heavy atom. The summed E-state index contributed by atoms with van der Waals surface area (Å²) in [6.45, 7) is 6.01. The molecule has 23 heavy (non-hydrogen) atoms. The highest BCUT2D eigenvalue weighted by atomic mass is 32.1. The van der Waals surface area contributed by atoms with Gasteiger partial charge in [0.2, 0.25) is 0 Å². The number of carbonyl (C=O) groups excluding carboxylic acids is 1. The number of aromatic nitrogens is 1. The van der Waals surface area contributed by atoms with Crippen molar-refractivity contribution in [2.24, 2.45) is 0 Å². The molecule has 2 rings (SSSR count). The van der Waals surface area contributed by atoms with E-state index in [4.69, 9.17) is 0 Å². The number of carbonyl (C=O) groups is 2. The zero-order chi connectivity index (χ0) is 17.0. The summed E-state index contributed by atoms with van der Waals surface area (Å²) in [7, 11) is 0. The number of rotatable bonds is 5. The number of carboxylic acids is 1. The smallest absolute Gasteiger partial charge is 0.312 e. The van der Waals surface area contributed by atoms with Crippen molar-refractivity contribution in [1.82, 2.24) is 10.3 Å². The van der Waals surface area contributed by atoms with E-state index in [0.29, 0.717) is 10.4 Å². The second-order valence-electron chi connectivity index (χ2n) is 6.29. The zero-order valence-corrected chi connectivity index (χ0v) is 14.2. The van der Waals surface area contributed by atoms with E-state index in [9.17, 15) is 14.7 Å². The number of thiazole rings is 1. The molecule has 1 heterocycles. The average molecular weight is 332 g/mol. The maximum Gasteiger partial charge on any atom is 0.312 e. The van der Waals surface area contributed by atoms with Crippen molar-refractivity contribution >= 4 is 23.2 Å². The Morgan fingerprint density at radius 2 is 1.91 bits per heavy atom. The van der Waals surface area contributed by atoms with Gasteiger partial charge in [0.05, 0.1) is 17.1 Å². The van der Waals surface area contributed by atoms with Gasteiger partial charge in [-0.05, 0) is 5.56 Å². The van der Waals surface area contributed by atoms with Crippen LogP contribution in [0, 0.1) is 0 Å². The minimum absolute atomic E-state index is 0.0413. The van der Waals surface area contributed by atoms with E-state index in [1.807, 2.05) is 26.8 Å². The lowest BCUT2D eigenvalue weighted by atomic mass is 9.91. The van der Waals surface area contributed by atoms with E-state index in [-0.39, 0.29) is 17.9 Å². The summed E-state index contributed by atoms with van der Waals surface area (Å²) in [5, 5.41) is 12.1. The average Bonchev–Trinajstić information content (AvgIpc) is 2.97. The summed E-state index contributed by atoms with van der Waals surface area (Å²) < 4.78 is 0. The summed E-state index contributed by atoms with van der Waals surface area (Å²) in [5.41, 5.74) is 2.80. The first kappa shape index (κ1) is 17.1. The Labute approximate surface area is 139 Å². The molecular formula is C17H20N2O3S. The van der Waals surface area contributed by atoms with Crippen molar-refractivity contribution in [3.63, 3.8) is 0 Å². The minimum Gasteiger partial charge on any atom is -0.481 e. The lowest BCUT2D eigenvalue weighted by molar-refractivity contribution is -0.138. The third-order valence-corrected chi connectivity index (χ3v) is 4.28. The fourth-order valence-corrected chi connectivity index (χ4v) is 3.16. The molecule has 0 unspecified atom stereocenters. The van der Waals surface area contributed by atoms with E-state index >= 15 is 0 Å². The third-order valence-electron chi connectivity index (χ3n) is 3.45. The highest BCUT2D eigenvalue weighted by Crippen LogP contribution is 2.27. The highest BCUT2D eigenvalue weighted by Gasteiger charge is 2.26. The van der Waals surface area contributed by atoms with Crippen LogP contribution in [0.25, 0.3) is 0 Å². The van der Waals surface area contributed by atoms with Gasteiger partial charge in [-0.2, -0.15) is 0 Å². The normalized spacial score (nSPS) is 12.7. The fraction of sp³-hybridized carbons (Fsp3) is 0.353. The molecule has 6 heteroatoms. The van der Waals surface area contributed by atoms with Crippen LogP contribution in [0.2, 0.25) is 0 Å². The van der Waals surface area contributed by atoms with Gasteiger partial charge in [0.15, 0.2) is 0 Å². The molecule has 0 aliphatic heterocycles. The number of nitrogens with one attached hydrogen (secondary N) is 1. The lowest BCUT2D eigenvalue weighted by Gasteiger charge is -2.18. The van der Waals surface area contributed by atoms with Crippen LogP contribution in [-0.2, 0) is 10.2 Å². The minimum atomic E-state index is -0.961. The molecule has 1 amide bonds. The molecule has 0 aliphatic carbocycles. The molecule has 1 aromatic heterocycles. The van der Waals surface area contributed by atoms with Crippen molar-refractivity contribution < 1.29 is 14.7 Å². The SMILES string of the molecule is CC(C)(C)c1ncsc1C(=O)NC[C@H](C(=O)O)c1ccccc1. The number of aliphatic carboxylic acids is 1. The molecule has 0 fully saturated rings. The second kappa shape index (κ2) is 6.91. The van der Waals surface area contributed by atoms with E-state index in [0.717, 1.165) is 5.69 Å². The van der Waals surface area contributed by atoms with Crippen LogP contribution in [0.1, 0.15) is 47.6 Å². The fourth-order valence-electron chi connectivity index (χ4n) is 2.25. The lowest BCUT2D eigenvalue weighted by Crippen LogP contribution is -2.32. The van der Waals surface area contributed by atoms with Crippen LogP contribution in [-0.4, -0.2) is 28.5 Å². The van der Waals surface area contributed by atoms with Crippen LogP contribution >= 0.6 is 11.3 Å². The molecule has 1 atom stereocenters. The van der Waals surface area contributed by atoms with Gasteiger partial charge in [-0.3, -0.25) is 9.59 Å². The van der Waals surface area contributed by atoms with Crippen molar-refractivity contribution in [2.75, 3.05) is 6.54 Å². The monoisotopic (exact) mass is 332 g/mol. The number of nitrogens with zero attached hydrogens (tertiary/aromatic N) is 1. The van der Waals surface area contributed by atoms with E-state index in [2.05, 4.69) is 10.3 Å². The molecule has 2 aromatic rings. The van der Waals surface area contributed by atoms with Crippen LogP contribution in [0.4, 0.5) is 0 Å². The number of amides is 1. The highest BCUT2D eigenvalue weighted by molar-refractivity contribution is 7.11. The van der Waals surface area contributed by atoms with Gasteiger partial charge in [-0.15, -0.1) is 11.3 Å². The van der Waals surface area contributed by atoms with Crippen LogP contribution in [0.15, 0.2) is 35.8 Å². The molecule has 0 saturated heterocycles. The van der Waals surface area contributed by atoms with Crippen LogP contribution < -0.4 is 5.32 Å². The summed E-state index contributed by atoms with van der Waals surface area (Å²) >= 11 is 1.27. The molecular weight excluding hydrogens is 312 g/mol. The molecule has 0 bridgehead atoms. The Kier molecular flexibility index (Phi) is 5.15. The van der Waals surface area contributed by atoms with Gasteiger partial charge in [0.25, 0.3) is 5.91 Å². The molecule has 0 aliphatic rings. The maximum absolute atomic E-state index is 12.4. The van der Waals surface area contributed by atoms with E-state index in [1.54, 1.807) is 29.8 Å². The molecule has 0 saturated carbocycles. The van der Waals surface area contributed by atoms with Crippen molar-refractivity contribution in [3.8, 4) is 0 Å². The first-order valence-corrected chi connectivity index (χ1v) is 8.18. The molecule has 0 radical (unpaired) electrons. The molecule has 5 nitrogen and oxygen atoms in total. The van der Waals surface area contributed by atoms with Gasteiger partial charge in [0.1, 0.15) is 4.88 Å². The van der Waals surface area contributed by atoms with E-state index in [1.165, 1.54) is 11.3 Å². The first-order chi connectivity index (χ1) is 10.8. The largest absolute Gasteiger partial charge is 0.481 e. The van der Waals surface area contributed by atoms with Crippen molar-refractivity contribution in [3.05, 3.63) is 52.0 Å². The van der Waals surface area contributed by atoms with Crippen LogP contribution in [0.3, 0.4) is 0 Å². The van der Waals surface area contributed by atoms with Gasteiger partial charge < -0.3 is 10.4 Å². The third kappa shape index (κ3) is 4.16. The standard InChI is InChI=1S/C17H20N2O3S/c1-17(2,3)14-13(23-10-19-14)15(20)18-9-12(16(21)22)11-7-5-4-6-8-11/h4-8,10,12H,9H2,1-3H3,(H,18,20)(H,21,22)/t12-/m0/s1. The van der Waals surface area contributed by atoms with Gasteiger partial charge >= 0.3 is 5.97 Å². The number of hydrogen-bond donors (Lipinski definition) is 2. The van der Waals surface area contributed by atoms with Gasteiger partial charge in [-0.25, -0.2) is 4.98 Å². The number of hydrogen-bond acceptors (Lipinski definition) is 4. The van der Waals surface area contributed by atoms with Crippen molar-refractivity contribution in [2.45, 2.75) is 32.1 Å². The summed E-state index contributed by atoms with van der Waals surface area (Å²) in [6.07, 6.45) is 0. The van der Waals surface area contributed by atoms with E-state index < -0.39 is 11.9 Å². The summed E-state index contributed by atoms with van der Waals surface area (Å²) in [6, 6.07) is 8.90. The van der Waals surface area contributed by atoms with Gasteiger partial charge in [-0.1, -0.05) is 51.1 Å². The van der Waals surface area contributed by atoms with Crippen LogP contribution in [0.5, 0.6) is 0 Å². The molecule has 0 spiro atoms. The number of benzene rings is 1. The Bertz CT molecular complexity index is 689. The quantitative estimate of drug-likeness (QED) is 0.882. The Hall–Kier alpha value is -2.21. The summed E-state index contributed by atoms with van der Waals surface area (Å²) in [5.74, 6) is -2.01. The number of carboxylic acid groups (broad SMARTS) is 1. The molecule has 122 valence electrons. The van der Waals surface area contributed by atoms with Crippen molar-refractivity contribution in [1.29, 1.82) is 0 Å². The predicted molar refractivity (Wildman–Crippen MR) is 90.0 cm³/mol. The zero-order valence-electron chi connectivity index (χ0n) is 13.4. The molecule has 2 N–H and O–H groups in total. The Balaban J connectivity index is 2.12. The first-order valence-electron chi connectivity index (χ1n) is 7.30. The Morgan fingerprint density at radius 3 is 2.48 bits per heavy atom. The maximum atomic E-state index is 12.4.